The number of piperidine rings is 1. The number of rotatable bonds is 10. The van der Waals surface area contributed by atoms with Crippen LogP contribution in [-0.2, 0) is 16.6 Å². The number of thiophene rings is 1. The lowest BCUT2D eigenvalue weighted by molar-refractivity contribution is -0.139. The standard InChI is InChI=1S/C36H48N4O3S/c1-5-6-24-7-11-26(12-8-24)27-17-19-40(20-18-27)29-22-37-33(38-23-29)28-13-9-25(10-14-28)21-30(35(42)43)39-34(41)31-15-16-32(44-31)36(2,3)4/h9-10,13-16,22-24,26-27,30H,5-8,11-12,17-21H2,1-4H3,(H,39,41)(H,42,43)/t24-,26-,30-/m0/s1. The molecule has 5 rings (SSSR count). The normalized spacial score (nSPS) is 20.3. The molecule has 2 N–H and O–H groups in total. The predicted molar refractivity (Wildman–Crippen MR) is 178 cm³/mol. The summed E-state index contributed by atoms with van der Waals surface area (Å²) < 4.78 is 0. The van der Waals surface area contributed by atoms with Crippen LogP contribution in [0.1, 0.15) is 99.2 Å². The Balaban J connectivity index is 1.13. The minimum absolute atomic E-state index is 0.0645. The zero-order chi connectivity index (χ0) is 31.3. The highest BCUT2D eigenvalue weighted by Gasteiger charge is 2.30. The Hall–Kier alpha value is -3.26. The second-order valence-corrected chi connectivity index (χ2v) is 14.9. The van der Waals surface area contributed by atoms with E-state index in [0.29, 0.717) is 10.7 Å². The highest BCUT2D eigenvalue weighted by atomic mass is 32.1. The van der Waals surface area contributed by atoms with Crippen LogP contribution in [0.15, 0.2) is 48.8 Å². The number of carbonyl (C=O) groups excluding carboxylic acids is 1. The average Bonchev–Trinajstić information content (AvgIpc) is 3.54. The topological polar surface area (TPSA) is 95.4 Å². The van der Waals surface area contributed by atoms with Gasteiger partial charge in [0, 0.05) is 30.0 Å². The van der Waals surface area contributed by atoms with Crippen LogP contribution in [0.4, 0.5) is 5.69 Å². The maximum absolute atomic E-state index is 12.8. The molecule has 2 fully saturated rings. The van der Waals surface area contributed by atoms with Crippen molar-refractivity contribution in [2.24, 2.45) is 17.8 Å². The Bertz CT molecular complexity index is 1380. The van der Waals surface area contributed by atoms with Crippen LogP contribution >= 0.6 is 11.3 Å². The number of anilines is 1. The molecule has 1 amide bonds. The quantitative estimate of drug-likeness (QED) is 0.242. The molecule has 44 heavy (non-hydrogen) atoms. The van der Waals surface area contributed by atoms with E-state index in [1.54, 1.807) is 6.07 Å². The van der Waals surface area contributed by atoms with Crippen LogP contribution < -0.4 is 10.2 Å². The van der Waals surface area contributed by atoms with Crippen molar-refractivity contribution >= 4 is 28.9 Å². The molecule has 0 unspecified atom stereocenters. The summed E-state index contributed by atoms with van der Waals surface area (Å²) in [7, 11) is 0. The van der Waals surface area contributed by atoms with E-state index in [-0.39, 0.29) is 17.7 Å². The minimum Gasteiger partial charge on any atom is -0.480 e. The molecule has 0 spiro atoms. The Morgan fingerprint density at radius 1 is 0.955 bits per heavy atom. The number of hydrogen-bond donors (Lipinski definition) is 2. The van der Waals surface area contributed by atoms with E-state index in [0.717, 1.165) is 52.5 Å². The monoisotopic (exact) mass is 616 g/mol. The number of carboxylic acid groups (broad SMARTS) is 1. The Morgan fingerprint density at radius 2 is 1.59 bits per heavy atom. The van der Waals surface area contributed by atoms with Gasteiger partial charge in [0.2, 0.25) is 0 Å². The summed E-state index contributed by atoms with van der Waals surface area (Å²) >= 11 is 1.40. The maximum Gasteiger partial charge on any atom is 0.326 e. The third kappa shape index (κ3) is 8.06. The largest absolute Gasteiger partial charge is 0.480 e. The molecule has 1 saturated carbocycles. The van der Waals surface area contributed by atoms with E-state index >= 15 is 0 Å². The van der Waals surface area contributed by atoms with Crippen molar-refractivity contribution in [2.45, 2.75) is 96.9 Å². The first-order valence-electron chi connectivity index (χ1n) is 16.4. The number of benzene rings is 1. The summed E-state index contributed by atoms with van der Waals surface area (Å²) in [5.74, 6) is 1.97. The summed E-state index contributed by atoms with van der Waals surface area (Å²) in [4.78, 5) is 38.1. The molecule has 1 atom stereocenters. The number of nitrogens with one attached hydrogen (secondary N) is 1. The number of aliphatic carboxylic acids is 1. The van der Waals surface area contributed by atoms with Gasteiger partial charge in [-0.25, -0.2) is 14.8 Å². The summed E-state index contributed by atoms with van der Waals surface area (Å²) in [6, 6.07) is 10.3. The van der Waals surface area contributed by atoms with Gasteiger partial charge in [-0.15, -0.1) is 11.3 Å². The Kier molecular flexibility index (Phi) is 10.4. The number of hydrogen-bond acceptors (Lipinski definition) is 6. The molecule has 1 aromatic carbocycles. The van der Waals surface area contributed by atoms with Crippen molar-refractivity contribution in [2.75, 3.05) is 18.0 Å². The lowest BCUT2D eigenvalue weighted by Gasteiger charge is -2.39. The summed E-state index contributed by atoms with van der Waals surface area (Å²) in [5.41, 5.74) is 2.71. The minimum atomic E-state index is -1.06. The molecule has 3 aromatic rings. The van der Waals surface area contributed by atoms with Crippen molar-refractivity contribution in [3.8, 4) is 11.4 Å². The van der Waals surface area contributed by atoms with Gasteiger partial charge < -0.3 is 15.3 Å². The number of aromatic nitrogens is 2. The lowest BCUT2D eigenvalue weighted by atomic mass is 9.72. The van der Waals surface area contributed by atoms with E-state index in [1.807, 2.05) is 42.7 Å². The second kappa shape index (κ2) is 14.2. The molecule has 3 heterocycles. The summed E-state index contributed by atoms with van der Waals surface area (Å²) in [5, 5.41) is 12.5. The van der Waals surface area contributed by atoms with Crippen molar-refractivity contribution in [3.05, 3.63) is 64.1 Å². The fourth-order valence-corrected chi connectivity index (χ4v) is 7.90. The third-order valence-corrected chi connectivity index (χ3v) is 11.1. The van der Waals surface area contributed by atoms with Crippen LogP contribution in [0.2, 0.25) is 0 Å². The molecule has 2 aromatic heterocycles. The van der Waals surface area contributed by atoms with Crippen molar-refractivity contribution in [3.63, 3.8) is 0 Å². The van der Waals surface area contributed by atoms with Gasteiger partial charge >= 0.3 is 5.97 Å². The van der Waals surface area contributed by atoms with E-state index in [4.69, 9.17) is 0 Å². The first kappa shape index (κ1) is 32.1. The van der Waals surface area contributed by atoms with Gasteiger partial charge in [0.05, 0.1) is 23.0 Å². The van der Waals surface area contributed by atoms with E-state index < -0.39 is 12.0 Å². The van der Waals surface area contributed by atoms with Crippen LogP contribution in [0.25, 0.3) is 11.4 Å². The van der Waals surface area contributed by atoms with Crippen molar-refractivity contribution < 1.29 is 14.7 Å². The number of nitrogens with zero attached hydrogens (tertiary/aromatic N) is 3. The first-order chi connectivity index (χ1) is 21.1. The predicted octanol–water partition coefficient (Wildman–Crippen LogP) is 7.75. The molecular formula is C36H48N4O3S. The highest BCUT2D eigenvalue weighted by Crippen LogP contribution is 2.39. The van der Waals surface area contributed by atoms with Crippen molar-refractivity contribution in [1.29, 1.82) is 0 Å². The first-order valence-corrected chi connectivity index (χ1v) is 17.2. The maximum atomic E-state index is 12.8. The molecule has 236 valence electrons. The number of amides is 1. The van der Waals surface area contributed by atoms with Gasteiger partial charge in [-0.05, 0) is 66.5 Å². The Labute approximate surface area is 266 Å². The second-order valence-electron chi connectivity index (χ2n) is 13.8. The SMILES string of the molecule is CCC[C@H]1CC[C@H](C2CCN(c3cnc(-c4ccc(C[C@H](NC(=O)c5ccc(C(C)(C)C)s5)C(=O)O)cc4)nc3)CC2)CC1. The van der Waals surface area contributed by atoms with E-state index in [1.165, 1.54) is 62.7 Å². The Morgan fingerprint density at radius 3 is 2.16 bits per heavy atom. The van der Waals surface area contributed by atoms with E-state index in [2.05, 4.69) is 47.9 Å². The van der Waals surface area contributed by atoms with Crippen LogP contribution in [0.5, 0.6) is 0 Å². The molecule has 2 aliphatic rings. The van der Waals surface area contributed by atoms with Gasteiger partial charge in [0.1, 0.15) is 6.04 Å². The van der Waals surface area contributed by atoms with Crippen LogP contribution in [-0.4, -0.2) is 46.1 Å². The zero-order valence-corrected chi connectivity index (χ0v) is 27.5. The number of carbonyl (C=O) groups is 2. The van der Waals surface area contributed by atoms with E-state index in [9.17, 15) is 14.7 Å². The van der Waals surface area contributed by atoms with Gasteiger partial charge in [-0.1, -0.05) is 77.6 Å². The molecule has 0 radical (unpaired) electrons. The average molecular weight is 617 g/mol. The fourth-order valence-electron chi connectivity index (χ4n) is 6.94. The van der Waals surface area contributed by atoms with Crippen molar-refractivity contribution in [1.82, 2.24) is 15.3 Å². The molecule has 0 bridgehead atoms. The van der Waals surface area contributed by atoms with Crippen LogP contribution in [0, 0.1) is 17.8 Å². The van der Waals surface area contributed by atoms with Gasteiger partial charge in [0.15, 0.2) is 5.82 Å². The fraction of sp³-hybridized carbons (Fsp3) is 0.556. The molecule has 7 nitrogen and oxygen atoms in total. The highest BCUT2D eigenvalue weighted by molar-refractivity contribution is 7.14. The molecule has 1 aliphatic heterocycles. The zero-order valence-electron chi connectivity index (χ0n) is 26.7. The van der Waals surface area contributed by atoms with Gasteiger partial charge in [0.25, 0.3) is 5.91 Å². The molecular weight excluding hydrogens is 568 g/mol. The third-order valence-electron chi connectivity index (χ3n) is 9.62. The van der Waals surface area contributed by atoms with Gasteiger partial charge in [-0.3, -0.25) is 4.79 Å². The summed E-state index contributed by atoms with van der Waals surface area (Å²) in [6.07, 6.45) is 15.0. The molecule has 8 heteroatoms. The number of carboxylic acids is 1. The summed E-state index contributed by atoms with van der Waals surface area (Å²) in [6.45, 7) is 10.7. The lowest BCUT2D eigenvalue weighted by Crippen LogP contribution is -2.42. The molecule has 1 saturated heterocycles. The van der Waals surface area contributed by atoms with Gasteiger partial charge in [-0.2, -0.15) is 0 Å². The smallest absolute Gasteiger partial charge is 0.326 e. The molecule has 1 aliphatic carbocycles. The van der Waals surface area contributed by atoms with Crippen LogP contribution in [0.3, 0.4) is 0 Å².